The molecule has 0 saturated carbocycles. The van der Waals surface area contributed by atoms with Gasteiger partial charge in [0.2, 0.25) is 5.91 Å². The minimum atomic E-state index is -0.992. The normalized spacial score (nSPS) is 25.1. The Bertz CT molecular complexity index is 1140. The monoisotopic (exact) mass is 513 g/mol. The second-order valence-corrected chi connectivity index (χ2v) is 11.8. The molecule has 1 aromatic carbocycles. The highest BCUT2D eigenvalue weighted by molar-refractivity contribution is 7.89. The summed E-state index contributed by atoms with van der Waals surface area (Å²) in [7, 11) is 0. The standard InChI is InChI=1S/C26H32FN5O3S/c1-2-36(34)30-9-7-17(8-10-30)26(33)32-14-18-11-19(27)13-28-25(18)29-23-6-4-20(12-24(23)32)31-15-22-5-3-21(31)16-35-22/h4,6,11-13,17,21-22H,2-3,5,7-10,14-16H2,1H3,(H,28,29). The van der Waals surface area contributed by atoms with Crippen molar-refractivity contribution in [3.8, 4) is 0 Å². The van der Waals surface area contributed by atoms with E-state index in [9.17, 15) is 13.7 Å². The summed E-state index contributed by atoms with van der Waals surface area (Å²) in [5, 5.41) is 3.35. The first-order valence-electron chi connectivity index (χ1n) is 12.9. The first-order chi connectivity index (χ1) is 17.5. The molecule has 0 aliphatic carbocycles. The highest BCUT2D eigenvalue weighted by atomic mass is 32.2. The van der Waals surface area contributed by atoms with E-state index < -0.39 is 17.2 Å². The molecule has 36 heavy (non-hydrogen) atoms. The predicted octanol–water partition coefficient (Wildman–Crippen LogP) is 3.57. The summed E-state index contributed by atoms with van der Waals surface area (Å²) in [6.45, 7) is 5.02. The molecule has 0 radical (unpaired) electrons. The van der Waals surface area contributed by atoms with Crippen molar-refractivity contribution in [2.45, 2.75) is 51.3 Å². The van der Waals surface area contributed by atoms with Gasteiger partial charge in [-0.25, -0.2) is 9.37 Å². The number of fused-ring (bicyclic) bond motifs is 5. The maximum Gasteiger partial charge on any atom is 0.230 e. The maximum absolute atomic E-state index is 14.1. The van der Waals surface area contributed by atoms with E-state index in [-0.39, 0.29) is 24.5 Å². The lowest BCUT2D eigenvalue weighted by molar-refractivity contribution is -0.123. The van der Waals surface area contributed by atoms with Gasteiger partial charge in [-0.05, 0) is 56.9 Å². The second kappa shape index (κ2) is 9.81. The molecule has 10 heteroatoms. The summed E-state index contributed by atoms with van der Waals surface area (Å²) in [5.74, 6) is 0.589. The van der Waals surface area contributed by atoms with Gasteiger partial charge in [0.25, 0.3) is 0 Å². The van der Waals surface area contributed by atoms with E-state index in [0.29, 0.717) is 49.1 Å². The number of nitrogens with zero attached hydrogens (tertiary/aromatic N) is 4. The van der Waals surface area contributed by atoms with Crippen molar-refractivity contribution in [3.05, 3.63) is 41.8 Å². The Morgan fingerprint density at radius 3 is 2.78 bits per heavy atom. The van der Waals surface area contributed by atoms with Crippen LogP contribution in [0, 0.1) is 11.7 Å². The number of carbonyl (C=O) groups is 1. The van der Waals surface area contributed by atoms with E-state index in [1.54, 1.807) is 4.90 Å². The van der Waals surface area contributed by atoms with Crippen LogP contribution >= 0.6 is 0 Å². The maximum atomic E-state index is 14.1. The summed E-state index contributed by atoms with van der Waals surface area (Å²) < 4.78 is 34.2. The number of ether oxygens (including phenoxy) is 1. The molecule has 3 atom stereocenters. The Kier molecular flexibility index (Phi) is 6.53. The van der Waals surface area contributed by atoms with Crippen molar-refractivity contribution < 1.29 is 18.5 Å². The van der Waals surface area contributed by atoms with Crippen LogP contribution in [0.3, 0.4) is 0 Å². The van der Waals surface area contributed by atoms with Gasteiger partial charge >= 0.3 is 0 Å². The zero-order valence-electron chi connectivity index (χ0n) is 20.5. The van der Waals surface area contributed by atoms with Gasteiger partial charge in [-0.15, -0.1) is 4.31 Å². The van der Waals surface area contributed by atoms with Gasteiger partial charge in [-0.2, -0.15) is 0 Å². The number of carbonyl (C=O) groups excluding carboxylic acids is 1. The van der Waals surface area contributed by atoms with Crippen LogP contribution in [-0.4, -0.2) is 63.9 Å². The van der Waals surface area contributed by atoms with Gasteiger partial charge < -0.3 is 24.4 Å². The van der Waals surface area contributed by atoms with Gasteiger partial charge in [0.15, 0.2) is 0 Å². The van der Waals surface area contributed by atoms with Gasteiger partial charge in [0.1, 0.15) is 17.4 Å². The van der Waals surface area contributed by atoms with E-state index in [1.807, 2.05) is 17.3 Å². The summed E-state index contributed by atoms with van der Waals surface area (Å²) in [4.78, 5) is 22.5. The molecular weight excluding hydrogens is 481 g/mol. The van der Waals surface area contributed by atoms with Crippen LogP contribution in [-0.2, 0) is 27.4 Å². The molecule has 0 spiro atoms. The van der Waals surface area contributed by atoms with E-state index in [1.165, 1.54) is 12.3 Å². The Balaban J connectivity index is 1.33. The number of halogens is 1. The molecule has 1 aromatic heterocycles. The quantitative estimate of drug-likeness (QED) is 0.626. The smallest absolute Gasteiger partial charge is 0.230 e. The molecule has 2 aromatic rings. The Morgan fingerprint density at radius 1 is 1.25 bits per heavy atom. The number of nitrogens with one attached hydrogen (secondary N) is 1. The summed E-state index contributed by atoms with van der Waals surface area (Å²) in [6.07, 6.45) is 4.96. The van der Waals surface area contributed by atoms with Crippen LogP contribution in [0.2, 0.25) is 0 Å². The minimum Gasteiger partial charge on any atom is -0.598 e. The van der Waals surface area contributed by atoms with Crippen LogP contribution in [0.15, 0.2) is 30.5 Å². The lowest BCUT2D eigenvalue weighted by Gasteiger charge is -2.46. The SMILES string of the molecule is CC[S+]([O-])N1CCC(C(=O)N2Cc3cc(F)cnc3Nc3ccc(N4CC5CCC4CO5)cc32)CC1. The molecule has 192 valence electrons. The number of amides is 1. The fourth-order valence-corrected chi connectivity index (χ4v) is 6.88. The lowest BCUT2D eigenvalue weighted by Crippen LogP contribution is -2.54. The van der Waals surface area contributed by atoms with Crippen LogP contribution in [0.25, 0.3) is 0 Å². The van der Waals surface area contributed by atoms with Crippen LogP contribution in [0.4, 0.5) is 27.3 Å². The number of rotatable bonds is 4. The number of morpholine rings is 1. The predicted molar refractivity (Wildman–Crippen MR) is 138 cm³/mol. The highest BCUT2D eigenvalue weighted by Crippen LogP contribution is 2.41. The van der Waals surface area contributed by atoms with Crippen molar-refractivity contribution in [2.24, 2.45) is 5.92 Å². The lowest BCUT2D eigenvalue weighted by atomic mass is 9.95. The fraction of sp³-hybridized carbons (Fsp3) is 0.538. The van der Waals surface area contributed by atoms with Gasteiger partial charge in [0, 0.05) is 48.2 Å². The molecule has 4 fully saturated rings. The van der Waals surface area contributed by atoms with Crippen molar-refractivity contribution in [3.63, 3.8) is 0 Å². The first-order valence-corrected chi connectivity index (χ1v) is 14.2. The molecule has 8 nitrogen and oxygen atoms in total. The summed E-state index contributed by atoms with van der Waals surface area (Å²) in [5.41, 5.74) is 3.30. The van der Waals surface area contributed by atoms with Crippen LogP contribution in [0.1, 0.15) is 38.2 Å². The molecule has 1 N–H and O–H groups in total. The molecule has 5 aliphatic rings. The molecule has 1 amide bonds. The van der Waals surface area contributed by atoms with Crippen molar-refractivity contribution >= 4 is 40.1 Å². The second-order valence-electron chi connectivity index (χ2n) is 10.1. The Hall–Kier alpha value is -2.40. The highest BCUT2D eigenvalue weighted by Gasteiger charge is 2.37. The van der Waals surface area contributed by atoms with Crippen molar-refractivity contribution in [2.75, 3.05) is 47.1 Å². The first kappa shape index (κ1) is 24.0. The molecule has 4 saturated heterocycles. The molecule has 6 heterocycles. The number of anilines is 4. The zero-order chi connectivity index (χ0) is 24.8. The third-order valence-corrected chi connectivity index (χ3v) is 9.34. The average Bonchev–Trinajstić information content (AvgIpc) is 3.09. The Labute approximate surface area is 214 Å². The molecule has 3 unspecified atom stereocenters. The van der Waals surface area contributed by atoms with Crippen molar-refractivity contribution in [1.82, 2.24) is 9.29 Å². The third kappa shape index (κ3) is 4.44. The molecule has 2 bridgehead atoms. The number of hydrogen-bond acceptors (Lipinski definition) is 7. The van der Waals surface area contributed by atoms with E-state index in [4.69, 9.17) is 4.74 Å². The number of pyridine rings is 1. The van der Waals surface area contributed by atoms with Gasteiger partial charge in [-0.1, -0.05) is 0 Å². The zero-order valence-corrected chi connectivity index (χ0v) is 21.3. The van der Waals surface area contributed by atoms with Crippen LogP contribution < -0.4 is 15.1 Å². The van der Waals surface area contributed by atoms with E-state index in [0.717, 1.165) is 43.1 Å². The van der Waals surface area contributed by atoms with Crippen LogP contribution in [0.5, 0.6) is 0 Å². The van der Waals surface area contributed by atoms with E-state index in [2.05, 4.69) is 27.3 Å². The number of hydrogen-bond donors (Lipinski definition) is 1. The molecule has 7 rings (SSSR count). The summed E-state index contributed by atoms with van der Waals surface area (Å²) >= 11 is -0.992. The fourth-order valence-electron chi connectivity index (χ4n) is 5.90. The van der Waals surface area contributed by atoms with Gasteiger partial charge in [0.05, 0.1) is 42.9 Å². The van der Waals surface area contributed by atoms with Crippen molar-refractivity contribution in [1.29, 1.82) is 0 Å². The summed E-state index contributed by atoms with van der Waals surface area (Å²) in [6, 6.07) is 7.97. The average molecular weight is 514 g/mol. The molecular formula is C26H32FN5O3S. The largest absolute Gasteiger partial charge is 0.598 e. The number of piperidine rings is 2. The number of aromatic nitrogens is 1. The minimum absolute atomic E-state index is 0.0257. The number of benzene rings is 1. The van der Waals surface area contributed by atoms with E-state index >= 15 is 0 Å². The third-order valence-electron chi connectivity index (χ3n) is 7.91. The Morgan fingerprint density at radius 2 is 2.08 bits per heavy atom. The molecule has 5 aliphatic heterocycles. The van der Waals surface area contributed by atoms with Gasteiger partial charge in [-0.3, -0.25) is 4.79 Å². The topological polar surface area (TPSA) is 84.0 Å².